The van der Waals surface area contributed by atoms with Crippen molar-refractivity contribution in [1.29, 1.82) is 0 Å². The zero-order valence-electron chi connectivity index (χ0n) is 20.0. The summed E-state index contributed by atoms with van der Waals surface area (Å²) in [5.74, 6) is 1.16. The van der Waals surface area contributed by atoms with Crippen LogP contribution in [-0.2, 0) is 14.2 Å². The van der Waals surface area contributed by atoms with Gasteiger partial charge >= 0.3 is 0 Å². The van der Waals surface area contributed by atoms with Gasteiger partial charge < -0.3 is 34.1 Å². The van der Waals surface area contributed by atoms with Gasteiger partial charge in [-0.2, -0.15) is 0 Å². The van der Waals surface area contributed by atoms with Crippen LogP contribution in [0.25, 0.3) is 22.4 Å². The van der Waals surface area contributed by atoms with Crippen LogP contribution >= 0.6 is 11.3 Å². The van der Waals surface area contributed by atoms with Crippen molar-refractivity contribution in [3.8, 4) is 11.5 Å². The zero-order valence-corrected chi connectivity index (χ0v) is 20.8. The first kappa shape index (κ1) is 26.1. The summed E-state index contributed by atoms with van der Waals surface area (Å²) in [4.78, 5) is 4.77. The van der Waals surface area contributed by atoms with Crippen LogP contribution in [0.1, 0.15) is 27.7 Å². The van der Waals surface area contributed by atoms with Crippen LogP contribution in [0.2, 0.25) is 0 Å². The van der Waals surface area contributed by atoms with E-state index in [0.717, 1.165) is 26.4 Å². The van der Waals surface area contributed by atoms with Crippen LogP contribution in [-0.4, -0.2) is 64.8 Å². The van der Waals surface area contributed by atoms with Gasteiger partial charge in [0.25, 0.3) is 0 Å². The molecule has 3 aromatic rings. The third-order valence-electron chi connectivity index (χ3n) is 5.09. The van der Waals surface area contributed by atoms with Gasteiger partial charge in [0.1, 0.15) is 5.01 Å². The fourth-order valence-electron chi connectivity index (χ4n) is 3.43. The highest BCUT2D eigenvalue weighted by Crippen LogP contribution is 2.31. The van der Waals surface area contributed by atoms with Crippen molar-refractivity contribution < 1.29 is 28.8 Å². The first-order chi connectivity index (χ1) is 16.6. The van der Waals surface area contributed by atoms with Gasteiger partial charge in [-0.1, -0.05) is 12.1 Å². The van der Waals surface area contributed by atoms with Gasteiger partial charge in [-0.25, -0.2) is 4.98 Å². The molecule has 1 atom stereocenters. The van der Waals surface area contributed by atoms with E-state index in [9.17, 15) is 0 Å². The Morgan fingerprint density at radius 2 is 1.82 bits per heavy atom. The maximum absolute atomic E-state index is 8.97. The Bertz CT molecular complexity index is 1080. The fourth-order valence-corrected chi connectivity index (χ4v) is 4.33. The molecule has 0 saturated carbocycles. The normalized spacial score (nSPS) is 12.5. The van der Waals surface area contributed by atoms with Crippen molar-refractivity contribution in [2.75, 3.05) is 54.7 Å². The number of nitrogens with one attached hydrogen (secondary N) is 1. The lowest BCUT2D eigenvalue weighted by molar-refractivity contribution is 0.0322. The number of hydrogen-bond donors (Lipinski definition) is 2. The minimum absolute atomic E-state index is 0.0158. The lowest BCUT2D eigenvalue weighted by atomic mass is 10.0. The smallest absolute Gasteiger partial charge is 0.188 e. The Morgan fingerprint density at radius 1 is 1.06 bits per heavy atom. The Balaban J connectivity index is 1.81. The average molecular weight is 489 g/mol. The van der Waals surface area contributed by atoms with Gasteiger partial charge in [0.05, 0.1) is 36.1 Å². The van der Waals surface area contributed by atoms with Gasteiger partial charge in [-0.15, -0.1) is 11.3 Å². The zero-order chi connectivity index (χ0) is 24.3. The van der Waals surface area contributed by atoms with Crippen molar-refractivity contribution in [2.24, 2.45) is 0 Å². The van der Waals surface area contributed by atoms with E-state index >= 15 is 0 Å². The quantitative estimate of drug-likeness (QED) is 0.260. The van der Waals surface area contributed by atoms with E-state index in [1.54, 1.807) is 25.6 Å². The van der Waals surface area contributed by atoms with Crippen molar-refractivity contribution in [3.05, 3.63) is 52.0 Å². The lowest BCUT2D eigenvalue weighted by Crippen LogP contribution is -2.23. The van der Waals surface area contributed by atoms with Gasteiger partial charge in [-0.3, -0.25) is 0 Å². The number of likely N-dealkylation sites (N-methyl/N-ethyl adjacent to an activating group) is 1. The predicted octanol–water partition coefficient (Wildman–Crippen LogP) is 4.01. The van der Waals surface area contributed by atoms with Crippen LogP contribution in [0.4, 0.5) is 0 Å². The summed E-state index contributed by atoms with van der Waals surface area (Å²) < 4.78 is 27.9. The largest absolute Gasteiger partial charge is 0.464 e. The molecule has 0 fully saturated rings. The Hall–Kier alpha value is -2.53. The molecule has 1 unspecified atom stereocenters. The monoisotopic (exact) mass is 488 g/mol. The molecule has 0 aliphatic heterocycles. The van der Waals surface area contributed by atoms with E-state index in [1.165, 1.54) is 5.56 Å². The summed E-state index contributed by atoms with van der Waals surface area (Å²) in [7, 11) is 5.05. The SMILES string of the molecule is CNC(COCCO)c1cc2sc(/C=C/c3ccc(OCOC)c(OCOC)c3)nc2cc1C. The second-order valence-corrected chi connectivity index (χ2v) is 8.57. The van der Waals surface area contributed by atoms with Crippen LogP contribution in [0.15, 0.2) is 30.3 Å². The number of nitrogens with zero attached hydrogens (tertiary/aromatic N) is 1. The first-order valence-corrected chi connectivity index (χ1v) is 11.7. The molecule has 1 heterocycles. The molecule has 8 nitrogen and oxygen atoms in total. The van der Waals surface area contributed by atoms with Crippen molar-refractivity contribution in [3.63, 3.8) is 0 Å². The highest BCUT2D eigenvalue weighted by atomic mass is 32.1. The molecule has 34 heavy (non-hydrogen) atoms. The molecule has 0 aliphatic rings. The Kier molecular flexibility index (Phi) is 10.3. The fraction of sp³-hybridized carbons (Fsp3) is 0.400. The Morgan fingerprint density at radius 3 is 2.53 bits per heavy atom. The van der Waals surface area contributed by atoms with Crippen LogP contribution < -0.4 is 14.8 Å². The number of rotatable bonds is 14. The lowest BCUT2D eigenvalue weighted by Gasteiger charge is -2.18. The molecule has 184 valence electrons. The van der Waals surface area contributed by atoms with E-state index in [0.29, 0.717) is 24.7 Å². The summed E-state index contributed by atoms with van der Waals surface area (Å²) in [6.45, 7) is 3.16. The second kappa shape index (κ2) is 13.4. The molecule has 3 rings (SSSR count). The number of hydrogen-bond acceptors (Lipinski definition) is 9. The van der Waals surface area contributed by atoms with Gasteiger partial charge in [0.15, 0.2) is 25.1 Å². The van der Waals surface area contributed by atoms with E-state index < -0.39 is 0 Å². The maximum atomic E-state index is 8.97. The van der Waals surface area contributed by atoms with Crippen LogP contribution in [0, 0.1) is 6.92 Å². The minimum atomic E-state index is 0.0158. The van der Waals surface area contributed by atoms with E-state index in [2.05, 4.69) is 24.4 Å². The molecule has 0 spiro atoms. The third-order valence-corrected chi connectivity index (χ3v) is 6.07. The molecule has 2 N–H and O–H groups in total. The molecule has 1 aromatic heterocycles. The Labute approximate surface area is 204 Å². The number of aliphatic hydroxyl groups excluding tert-OH is 1. The summed E-state index contributed by atoms with van der Waals surface area (Å²) in [6, 6.07) is 9.99. The second-order valence-electron chi connectivity index (χ2n) is 7.51. The summed E-state index contributed by atoms with van der Waals surface area (Å²) >= 11 is 1.63. The van der Waals surface area contributed by atoms with Crippen LogP contribution in [0.3, 0.4) is 0 Å². The molecule has 0 bridgehead atoms. The maximum Gasteiger partial charge on any atom is 0.188 e. The predicted molar refractivity (Wildman–Crippen MR) is 134 cm³/mol. The number of aryl methyl sites for hydroxylation is 1. The van der Waals surface area contributed by atoms with Gasteiger partial charge in [0.2, 0.25) is 0 Å². The standard InChI is InChI=1S/C25H32N2O6S/c1-17-11-20-24(13-19(17)21(26-2)14-31-10-9-28)34-25(27-20)8-6-18-5-7-22(32-15-29-3)23(12-18)33-16-30-4/h5-8,11-13,21,26,28H,9-10,14-16H2,1-4H3/b8-6+. The molecule has 0 radical (unpaired) electrons. The molecule has 2 aromatic carbocycles. The number of thiazole rings is 1. The summed E-state index contributed by atoms with van der Waals surface area (Å²) in [5.41, 5.74) is 4.22. The molecule has 0 saturated heterocycles. The van der Waals surface area contributed by atoms with Gasteiger partial charge in [0, 0.05) is 14.2 Å². The number of methoxy groups -OCH3 is 2. The third kappa shape index (κ3) is 6.99. The topological polar surface area (TPSA) is 91.3 Å². The number of benzene rings is 2. The number of aromatic nitrogens is 1. The number of ether oxygens (including phenoxy) is 5. The van der Waals surface area contributed by atoms with Crippen molar-refractivity contribution >= 4 is 33.7 Å². The first-order valence-electron chi connectivity index (χ1n) is 10.9. The van der Waals surface area contributed by atoms with Crippen LogP contribution in [0.5, 0.6) is 11.5 Å². The minimum Gasteiger partial charge on any atom is -0.464 e. The van der Waals surface area contributed by atoms with Crippen molar-refractivity contribution in [2.45, 2.75) is 13.0 Å². The summed E-state index contributed by atoms with van der Waals surface area (Å²) in [5, 5.41) is 13.2. The van der Waals surface area contributed by atoms with Crippen molar-refractivity contribution in [1.82, 2.24) is 10.3 Å². The van der Waals surface area contributed by atoms with E-state index in [4.69, 9.17) is 33.8 Å². The molecular formula is C25H32N2O6S. The van der Waals surface area contributed by atoms with Gasteiger partial charge in [-0.05, 0) is 61.0 Å². The highest BCUT2D eigenvalue weighted by Gasteiger charge is 2.15. The molecule has 0 aliphatic carbocycles. The summed E-state index contributed by atoms with van der Waals surface area (Å²) in [6.07, 6.45) is 3.98. The van der Waals surface area contributed by atoms with E-state index in [-0.39, 0.29) is 26.2 Å². The molecule has 0 amide bonds. The van der Waals surface area contributed by atoms with E-state index in [1.807, 2.05) is 37.4 Å². The number of fused-ring (bicyclic) bond motifs is 1. The molecule has 9 heteroatoms. The average Bonchev–Trinajstić information content (AvgIpc) is 3.24. The molecular weight excluding hydrogens is 456 g/mol. The number of aliphatic hydroxyl groups is 1. The highest BCUT2D eigenvalue weighted by molar-refractivity contribution is 7.19.